The molecule has 0 atom stereocenters. The zero-order valence-electron chi connectivity index (χ0n) is 13.5. The van der Waals surface area contributed by atoms with Crippen LogP contribution in [0.4, 0.5) is 0 Å². The number of phenolic OH excluding ortho intramolecular Hbond substituents is 1. The highest BCUT2D eigenvalue weighted by molar-refractivity contribution is 5.45. The van der Waals surface area contributed by atoms with Crippen LogP contribution >= 0.6 is 0 Å². The highest BCUT2D eigenvalue weighted by Gasteiger charge is 2.14. The van der Waals surface area contributed by atoms with E-state index in [1.807, 2.05) is 25.1 Å². The van der Waals surface area contributed by atoms with E-state index < -0.39 is 0 Å². The predicted molar refractivity (Wildman–Crippen MR) is 84.2 cm³/mol. The van der Waals surface area contributed by atoms with Crippen LogP contribution in [0, 0.1) is 11.8 Å². The Morgan fingerprint density at radius 3 is 2.20 bits per heavy atom. The van der Waals surface area contributed by atoms with Crippen LogP contribution in [0.1, 0.15) is 40.2 Å². The van der Waals surface area contributed by atoms with E-state index in [-0.39, 0.29) is 5.75 Å². The Balaban J connectivity index is 2.84. The molecule has 1 N–H and O–H groups in total. The first-order valence-electron chi connectivity index (χ1n) is 7.60. The molecule has 0 aliphatic heterocycles. The van der Waals surface area contributed by atoms with Gasteiger partial charge in [0, 0.05) is 25.2 Å². The van der Waals surface area contributed by atoms with Crippen molar-refractivity contribution in [2.24, 2.45) is 11.8 Å². The van der Waals surface area contributed by atoms with Crippen molar-refractivity contribution in [2.45, 2.75) is 41.2 Å². The fourth-order valence-corrected chi connectivity index (χ4v) is 2.44. The maximum Gasteiger partial charge on any atom is 0.162 e. The minimum Gasteiger partial charge on any atom is -0.504 e. The molecule has 0 amide bonds. The van der Waals surface area contributed by atoms with E-state index >= 15 is 0 Å². The first-order chi connectivity index (χ1) is 9.43. The lowest BCUT2D eigenvalue weighted by Crippen LogP contribution is -2.30. The summed E-state index contributed by atoms with van der Waals surface area (Å²) in [6.45, 7) is 14.2. The number of benzene rings is 1. The second kappa shape index (κ2) is 8.15. The van der Waals surface area contributed by atoms with Gasteiger partial charge in [-0.15, -0.1) is 0 Å². The second-order valence-corrected chi connectivity index (χ2v) is 6.18. The number of nitrogens with zero attached hydrogens (tertiary/aromatic N) is 1. The standard InChI is InChI=1S/C17H29NO2/c1-6-20-16-9-7-8-15(17(16)19)12-18(10-13(2)3)11-14(4)5/h7-9,13-14,19H,6,10-12H2,1-5H3. The molecule has 0 spiro atoms. The molecule has 0 aromatic heterocycles. The average molecular weight is 279 g/mol. The van der Waals surface area contributed by atoms with E-state index in [1.54, 1.807) is 0 Å². The smallest absolute Gasteiger partial charge is 0.162 e. The average Bonchev–Trinajstić information content (AvgIpc) is 2.32. The number of para-hydroxylation sites is 1. The highest BCUT2D eigenvalue weighted by Crippen LogP contribution is 2.30. The molecule has 1 aromatic carbocycles. The number of ether oxygens (including phenoxy) is 1. The zero-order valence-corrected chi connectivity index (χ0v) is 13.5. The summed E-state index contributed by atoms with van der Waals surface area (Å²) in [7, 11) is 0. The van der Waals surface area contributed by atoms with Gasteiger partial charge in [0.2, 0.25) is 0 Å². The van der Waals surface area contributed by atoms with Gasteiger partial charge < -0.3 is 9.84 Å². The minimum absolute atomic E-state index is 0.284. The van der Waals surface area contributed by atoms with Gasteiger partial charge in [-0.3, -0.25) is 4.90 Å². The summed E-state index contributed by atoms with van der Waals surface area (Å²) in [6, 6.07) is 5.74. The Hall–Kier alpha value is -1.22. The number of hydrogen-bond acceptors (Lipinski definition) is 3. The lowest BCUT2D eigenvalue weighted by Gasteiger charge is -2.26. The first-order valence-corrected chi connectivity index (χ1v) is 7.60. The first kappa shape index (κ1) is 16.8. The molecule has 3 nitrogen and oxygen atoms in total. The molecular formula is C17H29NO2. The lowest BCUT2D eigenvalue weighted by atomic mass is 10.1. The predicted octanol–water partition coefficient (Wildman–Crippen LogP) is 3.90. The summed E-state index contributed by atoms with van der Waals surface area (Å²) in [6.07, 6.45) is 0. The fraction of sp³-hybridized carbons (Fsp3) is 0.647. The largest absolute Gasteiger partial charge is 0.504 e. The Labute approximate surface area is 123 Å². The SMILES string of the molecule is CCOc1cccc(CN(CC(C)C)CC(C)C)c1O. The summed E-state index contributed by atoms with van der Waals surface area (Å²) in [5.41, 5.74) is 0.942. The van der Waals surface area contributed by atoms with Crippen LogP contribution in [-0.2, 0) is 6.54 Å². The third-order valence-electron chi connectivity index (χ3n) is 3.02. The molecule has 0 saturated heterocycles. The Bertz CT molecular complexity index is 392. The molecule has 3 heteroatoms. The van der Waals surface area contributed by atoms with E-state index in [9.17, 15) is 5.11 Å². The van der Waals surface area contributed by atoms with Crippen LogP contribution in [0.5, 0.6) is 11.5 Å². The summed E-state index contributed by atoms with van der Waals surface area (Å²) in [5, 5.41) is 10.3. The van der Waals surface area contributed by atoms with Gasteiger partial charge in [-0.05, 0) is 24.8 Å². The molecule has 0 heterocycles. The normalized spacial score (nSPS) is 11.6. The van der Waals surface area contributed by atoms with Crippen molar-refractivity contribution in [3.05, 3.63) is 23.8 Å². The van der Waals surface area contributed by atoms with Crippen LogP contribution in [0.15, 0.2) is 18.2 Å². The van der Waals surface area contributed by atoms with Gasteiger partial charge in [-0.25, -0.2) is 0 Å². The molecule has 1 rings (SSSR count). The van der Waals surface area contributed by atoms with E-state index in [4.69, 9.17) is 4.74 Å². The number of rotatable bonds is 8. The molecule has 0 aliphatic rings. The molecule has 0 bridgehead atoms. The Kier molecular flexibility index (Phi) is 6.86. The van der Waals surface area contributed by atoms with Gasteiger partial charge in [0.25, 0.3) is 0 Å². The third-order valence-corrected chi connectivity index (χ3v) is 3.02. The van der Waals surface area contributed by atoms with Crippen molar-refractivity contribution in [1.82, 2.24) is 4.90 Å². The monoisotopic (exact) mass is 279 g/mol. The van der Waals surface area contributed by atoms with Gasteiger partial charge >= 0.3 is 0 Å². The topological polar surface area (TPSA) is 32.7 Å². The molecular weight excluding hydrogens is 250 g/mol. The summed E-state index contributed by atoms with van der Waals surface area (Å²) < 4.78 is 5.45. The number of phenols is 1. The molecule has 0 unspecified atom stereocenters. The molecule has 20 heavy (non-hydrogen) atoms. The van der Waals surface area contributed by atoms with E-state index in [0.29, 0.717) is 24.2 Å². The van der Waals surface area contributed by atoms with Crippen LogP contribution in [-0.4, -0.2) is 29.7 Å². The van der Waals surface area contributed by atoms with Gasteiger partial charge in [0.05, 0.1) is 6.61 Å². The summed E-state index contributed by atoms with van der Waals surface area (Å²) >= 11 is 0. The molecule has 0 radical (unpaired) electrons. The second-order valence-electron chi connectivity index (χ2n) is 6.18. The van der Waals surface area contributed by atoms with Crippen molar-refractivity contribution >= 4 is 0 Å². The van der Waals surface area contributed by atoms with Gasteiger partial charge in [0.15, 0.2) is 11.5 Å². The fourth-order valence-electron chi connectivity index (χ4n) is 2.44. The summed E-state index contributed by atoms with van der Waals surface area (Å²) in [5.74, 6) is 2.10. The molecule has 1 aromatic rings. The maximum absolute atomic E-state index is 10.3. The zero-order chi connectivity index (χ0) is 15.1. The summed E-state index contributed by atoms with van der Waals surface area (Å²) in [4.78, 5) is 2.40. The minimum atomic E-state index is 0.284. The van der Waals surface area contributed by atoms with Crippen LogP contribution in [0.2, 0.25) is 0 Å². The van der Waals surface area contributed by atoms with Crippen LogP contribution in [0.25, 0.3) is 0 Å². The quantitative estimate of drug-likeness (QED) is 0.783. The van der Waals surface area contributed by atoms with Crippen molar-refractivity contribution in [3.8, 4) is 11.5 Å². The number of aromatic hydroxyl groups is 1. The molecule has 0 aliphatic carbocycles. The Morgan fingerprint density at radius 1 is 1.10 bits per heavy atom. The van der Waals surface area contributed by atoms with Crippen LogP contribution < -0.4 is 4.74 Å². The Morgan fingerprint density at radius 2 is 1.70 bits per heavy atom. The number of hydrogen-bond donors (Lipinski definition) is 1. The maximum atomic E-state index is 10.3. The third kappa shape index (κ3) is 5.41. The molecule has 0 saturated carbocycles. The molecule has 114 valence electrons. The van der Waals surface area contributed by atoms with E-state index in [2.05, 4.69) is 32.6 Å². The van der Waals surface area contributed by atoms with Crippen molar-refractivity contribution in [1.29, 1.82) is 0 Å². The van der Waals surface area contributed by atoms with Crippen molar-refractivity contribution in [2.75, 3.05) is 19.7 Å². The van der Waals surface area contributed by atoms with Crippen LogP contribution in [0.3, 0.4) is 0 Å². The van der Waals surface area contributed by atoms with Gasteiger partial charge in [-0.2, -0.15) is 0 Å². The van der Waals surface area contributed by atoms with Crippen molar-refractivity contribution in [3.63, 3.8) is 0 Å². The van der Waals surface area contributed by atoms with E-state index in [1.165, 1.54) is 0 Å². The molecule has 0 fully saturated rings. The van der Waals surface area contributed by atoms with Gasteiger partial charge in [0.1, 0.15) is 0 Å². The lowest BCUT2D eigenvalue weighted by molar-refractivity contribution is 0.208. The van der Waals surface area contributed by atoms with Gasteiger partial charge in [-0.1, -0.05) is 39.8 Å². The van der Waals surface area contributed by atoms with E-state index in [0.717, 1.165) is 25.2 Å². The van der Waals surface area contributed by atoms with Crippen molar-refractivity contribution < 1.29 is 9.84 Å². The highest BCUT2D eigenvalue weighted by atomic mass is 16.5.